The normalized spacial score (nSPS) is 16.8. The molecule has 0 aliphatic heterocycles. The van der Waals surface area contributed by atoms with Crippen LogP contribution < -0.4 is 16.6 Å². The Kier molecular flexibility index (Phi) is 6.47. The maximum atomic E-state index is 12.5. The van der Waals surface area contributed by atoms with Crippen LogP contribution in [0.4, 0.5) is 0 Å². The lowest BCUT2D eigenvalue weighted by Gasteiger charge is -2.18. The Morgan fingerprint density at radius 1 is 1.46 bits per heavy atom. The van der Waals surface area contributed by atoms with Crippen molar-refractivity contribution in [2.24, 2.45) is 11.7 Å². The number of nitrogens with two attached hydrogens (primary N) is 1. The molecule has 2 aromatic heterocycles. The molecular weight excluding hydrogens is 372 g/mol. The first-order valence-corrected chi connectivity index (χ1v) is 9.63. The number of H-pyrrole nitrogens is 1. The largest absolute Gasteiger partial charge is 0.354 e. The van der Waals surface area contributed by atoms with E-state index in [4.69, 9.17) is 5.73 Å². The molecule has 26 heavy (non-hydrogen) atoms. The van der Waals surface area contributed by atoms with Crippen molar-refractivity contribution < 1.29 is 4.79 Å². The highest BCUT2D eigenvalue weighted by Gasteiger charge is 2.23. The number of aromatic amines is 1. The fraction of sp³-hybridized carbons (Fsp3) is 0.611. The van der Waals surface area contributed by atoms with Gasteiger partial charge in [-0.3, -0.25) is 9.59 Å². The molecule has 1 aliphatic rings. The number of carbonyl (C=O) groups is 1. The third-order valence-corrected chi connectivity index (χ3v) is 5.69. The third-order valence-electron chi connectivity index (χ3n) is 4.54. The molecule has 2 heterocycles. The molecule has 1 atom stereocenters. The summed E-state index contributed by atoms with van der Waals surface area (Å²) >= 11 is 1.63. The van der Waals surface area contributed by atoms with Gasteiger partial charge < -0.3 is 16.0 Å². The van der Waals surface area contributed by atoms with Crippen LogP contribution in [0, 0.1) is 5.92 Å². The highest BCUT2D eigenvalue weighted by molar-refractivity contribution is 7.18. The number of carbonyl (C=O) groups excluding carboxylic acids is 1. The van der Waals surface area contributed by atoms with Gasteiger partial charge in [-0.25, -0.2) is 4.98 Å². The zero-order chi connectivity index (χ0) is 18.2. The van der Waals surface area contributed by atoms with Gasteiger partial charge in [0.25, 0.3) is 5.56 Å². The summed E-state index contributed by atoms with van der Waals surface area (Å²) in [6.45, 7) is 6.39. The van der Waals surface area contributed by atoms with Crippen LogP contribution in [0.25, 0.3) is 10.2 Å². The fourth-order valence-corrected chi connectivity index (χ4v) is 4.56. The minimum atomic E-state index is -0.436. The molecule has 144 valence electrons. The summed E-state index contributed by atoms with van der Waals surface area (Å²) in [5, 5.41) is 3.56. The van der Waals surface area contributed by atoms with Gasteiger partial charge in [-0.2, -0.15) is 0 Å². The van der Waals surface area contributed by atoms with Crippen LogP contribution in [-0.4, -0.2) is 28.0 Å². The van der Waals surface area contributed by atoms with Crippen LogP contribution in [0.1, 0.15) is 49.9 Å². The second kappa shape index (κ2) is 8.06. The Labute approximate surface area is 163 Å². The van der Waals surface area contributed by atoms with E-state index in [0.717, 1.165) is 29.5 Å². The number of aryl methyl sites for hydroxylation is 2. The minimum Gasteiger partial charge on any atom is -0.354 e. The Balaban J connectivity index is 0.00000243. The van der Waals surface area contributed by atoms with Gasteiger partial charge in [-0.05, 0) is 44.6 Å². The zero-order valence-corrected chi connectivity index (χ0v) is 17.1. The summed E-state index contributed by atoms with van der Waals surface area (Å²) in [5.74, 6) is 1.15. The quantitative estimate of drug-likeness (QED) is 0.719. The number of rotatable bonds is 5. The molecule has 6 nitrogen and oxygen atoms in total. The molecule has 4 N–H and O–H groups in total. The number of hydrogen-bond acceptors (Lipinski definition) is 5. The molecule has 0 saturated carbocycles. The van der Waals surface area contributed by atoms with Crippen LogP contribution in [0.2, 0.25) is 0 Å². The topological polar surface area (TPSA) is 101 Å². The number of fused-ring (bicyclic) bond motifs is 3. The molecular formula is C18H27ClN4O2S. The molecule has 0 radical (unpaired) electrons. The van der Waals surface area contributed by atoms with Gasteiger partial charge in [0.2, 0.25) is 5.91 Å². The van der Waals surface area contributed by atoms with Crippen LogP contribution in [0.15, 0.2) is 4.79 Å². The van der Waals surface area contributed by atoms with Crippen LogP contribution in [0.3, 0.4) is 0 Å². The lowest BCUT2D eigenvalue weighted by Crippen LogP contribution is -2.45. The molecule has 0 fully saturated rings. The summed E-state index contributed by atoms with van der Waals surface area (Å²) in [5.41, 5.74) is 6.53. The Morgan fingerprint density at radius 2 is 2.19 bits per heavy atom. The highest BCUT2D eigenvalue weighted by Crippen LogP contribution is 2.35. The number of amides is 1. The van der Waals surface area contributed by atoms with Crippen molar-refractivity contribution in [2.45, 2.75) is 58.4 Å². The molecule has 0 saturated heterocycles. The zero-order valence-electron chi connectivity index (χ0n) is 15.5. The van der Waals surface area contributed by atoms with Crippen molar-refractivity contribution in [3.63, 3.8) is 0 Å². The van der Waals surface area contributed by atoms with E-state index in [1.165, 1.54) is 10.4 Å². The van der Waals surface area contributed by atoms with Crippen LogP contribution in [0.5, 0.6) is 0 Å². The van der Waals surface area contributed by atoms with Crippen molar-refractivity contribution >= 4 is 39.9 Å². The fourth-order valence-electron chi connectivity index (χ4n) is 3.16. The van der Waals surface area contributed by atoms with Crippen molar-refractivity contribution in [1.82, 2.24) is 15.3 Å². The number of nitrogens with zero attached hydrogens (tertiary/aromatic N) is 1. The van der Waals surface area contributed by atoms with Gasteiger partial charge in [0.15, 0.2) is 0 Å². The average Bonchev–Trinajstić information content (AvgIpc) is 2.87. The van der Waals surface area contributed by atoms with Crippen molar-refractivity contribution in [2.75, 3.05) is 6.54 Å². The van der Waals surface area contributed by atoms with Gasteiger partial charge in [0, 0.05) is 29.8 Å². The highest BCUT2D eigenvalue weighted by atomic mass is 35.5. The number of halogens is 1. The van der Waals surface area contributed by atoms with Crippen molar-refractivity contribution in [1.29, 1.82) is 0 Å². The minimum absolute atomic E-state index is 0. The number of hydrogen-bond donors (Lipinski definition) is 3. The monoisotopic (exact) mass is 398 g/mol. The van der Waals surface area contributed by atoms with Gasteiger partial charge in [0.05, 0.1) is 5.39 Å². The van der Waals surface area contributed by atoms with Crippen molar-refractivity contribution in [3.05, 3.63) is 26.6 Å². The predicted molar refractivity (Wildman–Crippen MR) is 108 cm³/mol. The Hall–Kier alpha value is -1.44. The first kappa shape index (κ1) is 20.9. The number of nitrogens with one attached hydrogen (secondary N) is 2. The SMILES string of the molecule is CC1CCc2c(sc3nc(CCC(=O)NCC(C)(C)N)[nH]c(=O)c23)C1.Cl. The standard InChI is InChI=1S/C18H26N4O2S.ClH/c1-10-4-5-11-12(8-10)25-17-15(11)16(24)21-13(22-17)6-7-14(23)20-9-18(2,3)19;/h10H,4-9,19H2,1-3H3,(H,20,23)(H,21,22,24);1H. The first-order chi connectivity index (χ1) is 11.7. The maximum absolute atomic E-state index is 12.5. The van der Waals surface area contributed by atoms with E-state index in [9.17, 15) is 9.59 Å². The summed E-state index contributed by atoms with van der Waals surface area (Å²) in [6, 6.07) is 0. The van der Waals surface area contributed by atoms with Crippen LogP contribution >= 0.6 is 23.7 Å². The van der Waals surface area contributed by atoms with E-state index in [1.807, 2.05) is 13.8 Å². The summed E-state index contributed by atoms with van der Waals surface area (Å²) in [6.07, 6.45) is 3.81. The van der Waals surface area contributed by atoms with E-state index in [-0.39, 0.29) is 30.3 Å². The first-order valence-electron chi connectivity index (χ1n) is 8.82. The third kappa shape index (κ3) is 4.84. The molecule has 1 aliphatic carbocycles. The van der Waals surface area contributed by atoms with E-state index < -0.39 is 5.54 Å². The molecule has 8 heteroatoms. The maximum Gasteiger partial charge on any atom is 0.259 e. The molecule has 2 aromatic rings. The average molecular weight is 399 g/mol. The predicted octanol–water partition coefficient (Wildman–Crippen LogP) is 2.32. The summed E-state index contributed by atoms with van der Waals surface area (Å²) in [7, 11) is 0. The van der Waals surface area contributed by atoms with E-state index in [1.54, 1.807) is 11.3 Å². The van der Waals surface area contributed by atoms with Gasteiger partial charge >= 0.3 is 0 Å². The number of aromatic nitrogens is 2. The Morgan fingerprint density at radius 3 is 2.88 bits per heavy atom. The summed E-state index contributed by atoms with van der Waals surface area (Å²) < 4.78 is 0. The Bertz CT molecular complexity index is 853. The second-order valence-corrected chi connectivity index (χ2v) is 8.89. The smallest absolute Gasteiger partial charge is 0.259 e. The molecule has 1 amide bonds. The van der Waals surface area contributed by atoms with E-state index in [2.05, 4.69) is 22.2 Å². The molecule has 0 spiro atoms. The van der Waals surface area contributed by atoms with Gasteiger partial charge in [-0.1, -0.05) is 6.92 Å². The van der Waals surface area contributed by atoms with Crippen molar-refractivity contribution in [3.8, 4) is 0 Å². The van der Waals surface area contributed by atoms with Gasteiger partial charge in [-0.15, -0.1) is 23.7 Å². The lowest BCUT2D eigenvalue weighted by atomic mass is 9.89. The second-order valence-electron chi connectivity index (χ2n) is 7.81. The number of thiophene rings is 1. The van der Waals surface area contributed by atoms with Gasteiger partial charge in [0.1, 0.15) is 10.7 Å². The summed E-state index contributed by atoms with van der Waals surface area (Å²) in [4.78, 5) is 34.0. The molecule has 0 aromatic carbocycles. The van der Waals surface area contributed by atoms with Crippen LogP contribution in [-0.2, 0) is 24.1 Å². The lowest BCUT2D eigenvalue weighted by molar-refractivity contribution is -0.121. The molecule has 1 unspecified atom stereocenters. The van der Waals surface area contributed by atoms with E-state index in [0.29, 0.717) is 24.7 Å². The van der Waals surface area contributed by atoms with E-state index >= 15 is 0 Å². The molecule has 0 bridgehead atoms. The molecule has 3 rings (SSSR count).